The molecule has 2 N–H and O–H groups in total. The first kappa shape index (κ1) is 9.53. The predicted molar refractivity (Wildman–Crippen MR) is 60.7 cm³/mol. The molecule has 1 aliphatic heterocycles. The lowest BCUT2D eigenvalue weighted by Gasteiger charge is -2.28. The number of benzene rings is 1. The molecule has 1 aromatic carbocycles. The Morgan fingerprint density at radius 3 is 2.93 bits per heavy atom. The maximum Gasteiger partial charge on any atom is 0.0373 e. The molecule has 0 radical (unpaired) electrons. The van der Waals surface area contributed by atoms with Gasteiger partial charge in [0.1, 0.15) is 0 Å². The average Bonchev–Trinajstić information content (AvgIpc) is 2.17. The summed E-state index contributed by atoms with van der Waals surface area (Å²) in [6, 6.07) is 9.69. The first-order valence-electron chi connectivity index (χ1n) is 5.33. The van der Waals surface area contributed by atoms with Crippen LogP contribution in [0.3, 0.4) is 0 Å². The van der Waals surface area contributed by atoms with Gasteiger partial charge in [-0.25, -0.2) is 0 Å². The second-order valence-corrected chi connectivity index (χ2v) is 4.26. The normalized spacial score (nSPS) is 20.4. The molecule has 0 bridgehead atoms. The Balaban J connectivity index is 2.06. The minimum atomic E-state index is 0.562. The van der Waals surface area contributed by atoms with E-state index < -0.39 is 0 Å². The number of nitrogens with one attached hydrogen (secondary N) is 2. The van der Waals surface area contributed by atoms with E-state index in [1.807, 2.05) is 0 Å². The largest absolute Gasteiger partial charge is 0.383 e. The van der Waals surface area contributed by atoms with Crippen LogP contribution in [-0.4, -0.2) is 18.6 Å². The van der Waals surface area contributed by atoms with Gasteiger partial charge >= 0.3 is 0 Å². The van der Waals surface area contributed by atoms with Gasteiger partial charge in [0, 0.05) is 24.3 Å². The van der Waals surface area contributed by atoms with E-state index in [1.54, 1.807) is 0 Å². The Labute approximate surface area is 85.7 Å². The molecule has 1 atom stereocenters. The summed E-state index contributed by atoms with van der Waals surface area (Å²) in [5.41, 5.74) is 2.73. The zero-order valence-electron chi connectivity index (χ0n) is 8.88. The molecule has 1 aliphatic rings. The van der Waals surface area contributed by atoms with Crippen molar-refractivity contribution in [3.05, 3.63) is 29.8 Å². The van der Waals surface area contributed by atoms with Crippen LogP contribution in [0.2, 0.25) is 0 Å². The van der Waals surface area contributed by atoms with Crippen molar-refractivity contribution in [2.75, 3.05) is 11.9 Å². The summed E-state index contributed by atoms with van der Waals surface area (Å²) < 4.78 is 0. The fourth-order valence-electron chi connectivity index (χ4n) is 2.03. The molecule has 76 valence electrons. The molecular formula is C12H18N2. The van der Waals surface area contributed by atoms with E-state index in [0.29, 0.717) is 12.1 Å². The third kappa shape index (κ3) is 2.07. The number of anilines is 1. The predicted octanol–water partition coefficient (Wildman–Crippen LogP) is 2.02. The second-order valence-electron chi connectivity index (χ2n) is 4.26. The van der Waals surface area contributed by atoms with Gasteiger partial charge in [-0.3, -0.25) is 0 Å². The van der Waals surface area contributed by atoms with E-state index in [9.17, 15) is 0 Å². The molecule has 2 nitrogen and oxygen atoms in total. The van der Waals surface area contributed by atoms with Gasteiger partial charge in [0.25, 0.3) is 0 Å². The van der Waals surface area contributed by atoms with Gasteiger partial charge in [-0.15, -0.1) is 0 Å². The summed E-state index contributed by atoms with van der Waals surface area (Å²) in [7, 11) is 0. The van der Waals surface area contributed by atoms with Crippen LogP contribution in [0.4, 0.5) is 5.69 Å². The average molecular weight is 190 g/mol. The van der Waals surface area contributed by atoms with Crippen LogP contribution in [0.1, 0.15) is 19.4 Å². The van der Waals surface area contributed by atoms with Crippen molar-refractivity contribution in [3.8, 4) is 0 Å². The van der Waals surface area contributed by atoms with E-state index in [4.69, 9.17) is 0 Å². The quantitative estimate of drug-likeness (QED) is 0.745. The van der Waals surface area contributed by atoms with Crippen LogP contribution in [0.25, 0.3) is 0 Å². The van der Waals surface area contributed by atoms with Gasteiger partial charge in [-0.05, 0) is 18.1 Å². The summed E-state index contributed by atoms with van der Waals surface area (Å²) >= 11 is 0. The Morgan fingerprint density at radius 1 is 1.36 bits per heavy atom. The summed E-state index contributed by atoms with van der Waals surface area (Å²) in [6.45, 7) is 5.43. The van der Waals surface area contributed by atoms with E-state index in [-0.39, 0.29) is 0 Å². The lowest BCUT2D eigenvalue weighted by atomic mass is 9.99. The molecule has 0 amide bonds. The highest BCUT2D eigenvalue weighted by Crippen LogP contribution is 2.20. The van der Waals surface area contributed by atoms with Crippen LogP contribution in [0, 0.1) is 0 Å². The zero-order chi connectivity index (χ0) is 9.97. The third-order valence-electron chi connectivity index (χ3n) is 2.59. The van der Waals surface area contributed by atoms with E-state index >= 15 is 0 Å². The lowest BCUT2D eigenvalue weighted by molar-refractivity contribution is 0.467. The summed E-state index contributed by atoms with van der Waals surface area (Å²) in [5.74, 6) is 0. The van der Waals surface area contributed by atoms with Crippen molar-refractivity contribution < 1.29 is 0 Å². The number of hydrogen-bond acceptors (Lipinski definition) is 2. The minimum absolute atomic E-state index is 0.562. The van der Waals surface area contributed by atoms with Gasteiger partial charge in [0.15, 0.2) is 0 Å². The van der Waals surface area contributed by atoms with Crippen LogP contribution in [0.5, 0.6) is 0 Å². The molecule has 14 heavy (non-hydrogen) atoms. The SMILES string of the molecule is CC(C)NC1CNc2ccccc2C1. The maximum absolute atomic E-state index is 3.56. The lowest BCUT2D eigenvalue weighted by Crippen LogP contribution is -2.43. The highest BCUT2D eigenvalue weighted by atomic mass is 15.0. The topological polar surface area (TPSA) is 24.1 Å². The summed E-state index contributed by atoms with van der Waals surface area (Å²) in [5, 5.41) is 7.02. The third-order valence-corrected chi connectivity index (χ3v) is 2.59. The van der Waals surface area contributed by atoms with Gasteiger partial charge in [0.05, 0.1) is 0 Å². The molecule has 1 unspecified atom stereocenters. The summed E-state index contributed by atoms with van der Waals surface area (Å²) in [6.07, 6.45) is 1.14. The van der Waals surface area contributed by atoms with Crippen molar-refractivity contribution in [3.63, 3.8) is 0 Å². The van der Waals surface area contributed by atoms with E-state index in [0.717, 1.165) is 13.0 Å². The van der Waals surface area contributed by atoms with Crippen molar-refractivity contribution in [1.29, 1.82) is 0 Å². The van der Waals surface area contributed by atoms with Crippen molar-refractivity contribution in [2.24, 2.45) is 0 Å². The molecule has 0 fully saturated rings. The molecule has 0 aliphatic carbocycles. The molecule has 0 aromatic heterocycles. The number of para-hydroxylation sites is 1. The van der Waals surface area contributed by atoms with E-state index in [1.165, 1.54) is 11.3 Å². The van der Waals surface area contributed by atoms with Gasteiger partial charge in [0.2, 0.25) is 0 Å². The fraction of sp³-hybridized carbons (Fsp3) is 0.500. The Hall–Kier alpha value is -1.02. The number of hydrogen-bond donors (Lipinski definition) is 2. The summed E-state index contributed by atoms with van der Waals surface area (Å²) in [4.78, 5) is 0. The van der Waals surface area contributed by atoms with Gasteiger partial charge in [-0.2, -0.15) is 0 Å². The number of rotatable bonds is 2. The molecule has 0 saturated heterocycles. The van der Waals surface area contributed by atoms with Crippen LogP contribution >= 0.6 is 0 Å². The Kier molecular flexibility index (Phi) is 2.73. The van der Waals surface area contributed by atoms with Crippen LogP contribution in [0.15, 0.2) is 24.3 Å². The molecule has 1 heterocycles. The zero-order valence-corrected chi connectivity index (χ0v) is 8.88. The molecule has 0 saturated carbocycles. The highest BCUT2D eigenvalue weighted by molar-refractivity contribution is 5.53. The Morgan fingerprint density at radius 2 is 2.14 bits per heavy atom. The molecular weight excluding hydrogens is 172 g/mol. The van der Waals surface area contributed by atoms with Crippen molar-refractivity contribution in [2.45, 2.75) is 32.4 Å². The van der Waals surface area contributed by atoms with Crippen molar-refractivity contribution in [1.82, 2.24) is 5.32 Å². The standard InChI is InChI=1S/C12H18N2/c1-9(2)14-11-7-10-5-3-4-6-12(10)13-8-11/h3-6,9,11,13-14H,7-8H2,1-2H3. The first-order valence-corrected chi connectivity index (χ1v) is 5.33. The smallest absolute Gasteiger partial charge is 0.0373 e. The highest BCUT2D eigenvalue weighted by Gasteiger charge is 2.17. The first-order chi connectivity index (χ1) is 6.75. The van der Waals surface area contributed by atoms with E-state index in [2.05, 4.69) is 48.7 Å². The van der Waals surface area contributed by atoms with Gasteiger partial charge in [-0.1, -0.05) is 32.0 Å². The monoisotopic (exact) mass is 190 g/mol. The van der Waals surface area contributed by atoms with Gasteiger partial charge < -0.3 is 10.6 Å². The fourth-order valence-corrected chi connectivity index (χ4v) is 2.03. The number of fused-ring (bicyclic) bond motifs is 1. The van der Waals surface area contributed by atoms with Crippen LogP contribution < -0.4 is 10.6 Å². The maximum atomic E-state index is 3.56. The second kappa shape index (κ2) is 4.01. The molecule has 0 spiro atoms. The molecule has 2 rings (SSSR count). The molecule has 2 heteroatoms. The van der Waals surface area contributed by atoms with Crippen molar-refractivity contribution >= 4 is 5.69 Å². The minimum Gasteiger partial charge on any atom is -0.383 e. The molecule has 1 aromatic rings. The van der Waals surface area contributed by atoms with Crippen LogP contribution in [-0.2, 0) is 6.42 Å². The Bertz CT molecular complexity index is 307.